The molecule has 1 atom stereocenters. The Balaban J connectivity index is 1.58. The molecule has 4 heteroatoms. The predicted octanol–water partition coefficient (Wildman–Crippen LogP) is 2.90. The van der Waals surface area contributed by atoms with Crippen LogP contribution in [0, 0.1) is 0 Å². The summed E-state index contributed by atoms with van der Waals surface area (Å²) in [4.78, 5) is 4.30. The third kappa shape index (κ3) is 4.36. The van der Waals surface area contributed by atoms with Gasteiger partial charge in [-0.05, 0) is 48.4 Å². The third-order valence-corrected chi connectivity index (χ3v) is 4.45. The monoisotopic (exact) mass is 323 g/mol. The summed E-state index contributed by atoms with van der Waals surface area (Å²) >= 11 is 0. The number of aliphatic hydroxyl groups is 1. The number of aryl methyl sites for hydroxylation is 1. The fourth-order valence-electron chi connectivity index (χ4n) is 3.23. The molecule has 1 unspecified atom stereocenters. The average Bonchev–Trinajstić information content (AvgIpc) is 2.61. The SMILES string of the molecule is NC(=NCC(O)Cc1ccccc1)Nc1cccc2c1CCCC2. The number of nitrogens with one attached hydrogen (secondary N) is 1. The van der Waals surface area contributed by atoms with Gasteiger partial charge < -0.3 is 16.2 Å². The lowest BCUT2D eigenvalue weighted by Gasteiger charge is -2.20. The first-order valence-corrected chi connectivity index (χ1v) is 8.62. The molecule has 0 fully saturated rings. The molecule has 0 heterocycles. The zero-order valence-electron chi connectivity index (χ0n) is 13.9. The molecule has 0 spiro atoms. The van der Waals surface area contributed by atoms with Crippen LogP contribution >= 0.6 is 0 Å². The van der Waals surface area contributed by atoms with E-state index in [1.54, 1.807) is 0 Å². The van der Waals surface area contributed by atoms with Crippen molar-refractivity contribution in [3.05, 3.63) is 65.2 Å². The summed E-state index contributed by atoms with van der Waals surface area (Å²) < 4.78 is 0. The normalized spacial score (nSPS) is 15.6. The molecule has 4 nitrogen and oxygen atoms in total. The summed E-state index contributed by atoms with van der Waals surface area (Å²) in [7, 11) is 0. The molecule has 4 N–H and O–H groups in total. The molecule has 0 aliphatic heterocycles. The van der Waals surface area contributed by atoms with E-state index in [-0.39, 0.29) is 0 Å². The van der Waals surface area contributed by atoms with Crippen LogP contribution in [0.4, 0.5) is 5.69 Å². The van der Waals surface area contributed by atoms with E-state index in [1.165, 1.54) is 24.0 Å². The first-order chi connectivity index (χ1) is 11.7. The van der Waals surface area contributed by atoms with Gasteiger partial charge in [0.05, 0.1) is 12.6 Å². The van der Waals surface area contributed by atoms with Crippen molar-refractivity contribution in [1.82, 2.24) is 0 Å². The molecular weight excluding hydrogens is 298 g/mol. The second-order valence-corrected chi connectivity index (χ2v) is 6.34. The van der Waals surface area contributed by atoms with Gasteiger partial charge in [0.2, 0.25) is 0 Å². The molecular formula is C20H25N3O. The molecule has 0 aromatic heterocycles. The second-order valence-electron chi connectivity index (χ2n) is 6.34. The summed E-state index contributed by atoms with van der Waals surface area (Å²) in [6, 6.07) is 16.2. The molecule has 3 rings (SSSR count). The van der Waals surface area contributed by atoms with Crippen LogP contribution in [0.1, 0.15) is 29.5 Å². The van der Waals surface area contributed by atoms with Gasteiger partial charge in [-0.2, -0.15) is 0 Å². The van der Waals surface area contributed by atoms with Crippen molar-refractivity contribution < 1.29 is 5.11 Å². The second kappa shape index (κ2) is 7.97. The number of benzene rings is 2. The molecule has 2 aromatic carbocycles. The van der Waals surface area contributed by atoms with Crippen molar-refractivity contribution in [2.24, 2.45) is 10.7 Å². The van der Waals surface area contributed by atoms with E-state index in [1.807, 2.05) is 36.4 Å². The molecule has 1 aliphatic carbocycles. The first kappa shape index (κ1) is 16.5. The Morgan fingerprint density at radius 2 is 1.88 bits per heavy atom. The van der Waals surface area contributed by atoms with Crippen LogP contribution in [0.15, 0.2) is 53.5 Å². The molecule has 126 valence electrons. The highest BCUT2D eigenvalue weighted by molar-refractivity contribution is 5.93. The molecule has 24 heavy (non-hydrogen) atoms. The molecule has 0 bridgehead atoms. The fraction of sp³-hybridized carbons (Fsp3) is 0.350. The highest BCUT2D eigenvalue weighted by Gasteiger charge is 2.13. The van der Waals surface area contributed by atoms with E-state index in [0.717, 1.165) is 24.1 Å². The van der Waals surface area contributed by atoms with Crippen LogP contribution in [-0.2, 0) is 19.3 Å². The van der Waals surface area contributed by atoms with Crippen LogP contribution in [0.3, 0.4) is 0 Å². The average molecular weight is 323 g/mol. The standard InChI is InChI=1S/C20H25N3O/c21-20(22-14-17(24)13-15-7-2-1-3-8-15)23-19-12-6-10-16-9-4-5-11-18(16)19/h1-3,6-8,10,12,17,24H,4-5,9,11,13-14H2,(H3,21,22,23). The van der Waals surface area contributed by atoms with E-state index >= 15 is 0 Å². The van der Waals surface area contributed by atoms with Gasteiger partial charge in [-0.1, -0.05) is 42.5 Å². The Labute approximate surface area is 143 Å². The maximum absolute atomic E-state index is 10.1. The number of rotatable bonds is 5. The van der Waals surface area contributed by atoms with Gasteiger partial charge in [-0.3, -0.25) is 4.99 Å². The minimum absolute atomic E-state index is 0.294. The van der Waals surface area contributed by atoms with Crippen LogP contribution in [0.5, 0.6) is 0 Å². The Hall–Kier alpha value is -2.33. The topological polar surface area (TPSA) is 70.6 Å². The van der Waals surface area contributed by atoms with E-state index in [9.17, 15) is 5.11 Å². The van der Waals surface area contributed by atoms with E-state index in [2.05, 4.69) is 22.4 Å². The van der Waals surface area contributed by atoms with Crippen LogP contribution < -0.4 is 11.1 Å². The largest absolute Gasteiger partial charge is 0.391 e. The number of hydrogen-bond donors (Lipinski definition) is 3. The van der Waals surface area contributed by atoms with E-state index in [4.69, 9.17) is 5.73 Å². The number of fused-ring (bicyclic) bond motifs is 1. The van der Waals surface area contributed by atoms with Crippen molar-refractivity contribution in [2.75, 3.05) is 11.9 Å². The van der Waals surface area contributed by atoms with Gasteiger partial charge in [-0.25, -0.2) is 0 Å². The van der Waals surface area contributed by atoms with E-state index < -0.39 is 6.10 Å². The summed E-state index contributed by atoms with van der Waals surface area (Å²) in [6.07, 6.45) is 4.75. The lowest BCUT2D eigenvalue weighted by atomic mass is 9.90. The highest BCUT2D eigenvalue weighted by Crippen LogP contribution is 2.27. The molecule has 0 amide bonds. The van der Waals surface area contributed by atoms with Gasteiger partial charge in [0, 0.05) is 12.1 Å². The van der Waals surface area contributed by atoms with Gasteiger partial charge in [0.15, 0.2) is 5.96 Å². The van der Waals surface area contributed by atoms with Gasteiger partial charge in [0.25, 0.3) is 0 Å². The molecule has 2 aromatic rings. The Bertz CT molecular complexity index is 697. The first-order valence-electron chi connectivity index (χ1n) is 8.62. The Morgan fingerprint density at radius 3 is 2.71 bits per heavy atom. The number of anilines is 1. The van der Waals surface area contributed by atoms with Crippen LogP contribution in [0.25, 0.3) is 0 Å². The summed E-state index contributed by atoms with van der Waals surface area (Å²) in [5.41, 5.74) is 10.9. The zero-order chi connectivity index (χ0) is 16.8. The fourth-order valence-corrected chi connectivity index (χ4v) is 3.23. The van der Waals surface area contributed by atoms with Crippen LogP contribution in [0.2, 0.25) is 0 Å². The molecule has 0 saturated heterocycles. The van der Waals surface area contributed by atoms with Crippen molar-refractivity contribution >= 4 is 11.6 Å². The number of aliphatic hydroxyl groups excluding tert-OH is 1. The molecule has 0 radical (unpaired) electrons. The van der Waals surface area contributed by atoms with Crippen molar-refractivity contribution in [3.63, 3.8) is 0 Å². The summed E-state index contributed by atoms with van der Waals surface area (Å²) in [5, 5.41) is 13.3. The lowest BCUT2D eigenvalue weighted by Crippen LogP contribution is -2.26. The number of aliphatic imine (C=N–C) groups is 1. The molecule has 0 saturated carbocycles. The minimum atomic E-state index is -0.530. The van der Waals surface area contributed by atoms with E-state index in [0.29, 0.717) is 18.9 Å². The predicted molar refractivity (Wildman–Crippen MR) is 99.3 cm³/mol. The summed E-state index contributed by atoms with van der Waals surface area (Å²) in [6.45, 7) is 0.294. The van der Waals surface area contributed by atoms with Gasteiger partial charge in [-0.15, -0.1) is 0 Å². The highest BCUT2D eigenvalue weighted by atomic mass is 16.3. The Kier molecular flexibility index (Phi) is 5.49. The zero-order valence-corrected chi connectivity index (χ0v) is 13.9. The maximum atomic E-state index is 10.1. The van der Waals surface area contributed by atoms with Crippen LogP contribution in [-0.4, -0.2) is 23.7 Å². The minimum Gasteiger partial charge on any atom is -0.391 e. The van der Waals surface area contributed by atoms with Gasteiger partial charge >= 0.3 is 0 Å². The smallest absolute Gasteiger partial charge is 0.193 e. The number of hydrogen-bond acceptors (Lipinski definition) is 2. The maximum Gasteiger partial charge on any atom is 0.193 e. The lowest BCUT2D eigenvalue weighted by molar-refractivity contribution is 0.184. The molecule has 1 aliphatic rings. The Morgan fingerprint density at radius 1 is 1.08 bits per heavy atom. The number of nitrogens with zero attached hydrogens (tertiary/aromatic N) is 1. The van der Waals surface area contributed by atoms with Crippen molar-refractivity contribution in [2.45, 2.75) is 38.2 Å². The number of nitrogens with two attached hydrogens (primary N) is 1. The van der Waals surface area contributed by atoms with Crippen molar-refractivity contribution in [3.8, 4) is 0 Å². The quantitative estimate of drug-likeness (QED) is 0.585. The number of guanidine groups is 1. The van der Waals surface area contributed by atoms with Crippen molar-refractivity contribution in [1.29, 1.82) is 0 Å². The summed E-state index contributed by atoms with van der Waals surface area (Å²) in [5.74, 6) is 0.362. The third-order valence-electron chi connectivity index (χ3n) is 4.45. The van der Waals surface area contributed by atoms with Gasteiger partial charge in [0.1, 0.15) is 0 Å².